The molecule has 0 saturated heterocycles. The van der Waals surface area contributed by atoms with E-state index >= 15 is 0 Å². The average molecular weight is 407 g/mol. The minimum atomic E-state index is -0.738. The molecule has 0 saturated carbocycles. The monoisotopic (exact) mass is 406 g/mol. The number of amides is 1. The van der Waals surface area contributed by atoms with Crippen LogP contribution in [0.2, 0.25) is 0 Å². The van der Waals surface area contributed by atoms with Crippen LogP contribution in [-0.2, 0) is 9.48 Å². The Kier molecular flexibility index (Phi) is 7.73. The van der Waals surface area contributed by atoms with Crippen molar-refractivity contribution in [2.75, 3.05) is 25.4 Å². The number of hydrogen-bond acceptors (Lipinski definition) is 4. The van der Waals surface area contributed by atoms with Crippen LogP contribution >= 0.6 is 11.8 Å². The number of nitrogens with two attached hydrogens (primary N) is 1. The molecule has 0 unspecified atom stereocenters. The largest absolute Gasteiger partial charge is 0.448 e. The van der Waals surface area contributed by atoms with Gasteiger partial charge in [-0.2, -0.15) is 0 Å². The molecule has 3 N–H and O–H groups in total. The third-order valence-electron chi connectivity index (χ3n) is 4.66. The Bertz CT molecular complexity index is 776. The van der Waals surface area contributed by atoms with E-state index in [1.54, 1.807) is 0 Å². The predicted octanol–water partition coefficient (Wildman–Crippen LogP) is 4.40. The first-order valence-electron chi connectivity index (χ1n) is 9.67. The molecular formula is C24H26N2O2S. The number of rotatable bonds is 10. The highest BCUT2D eigenvalue weighted by atomic mass is 32.2. The topological polar surface area (TPSA) is 64.4 Å². The zero-order chi connectivity index (χ0) is 20.4. The Hall–Kier alpha value is -2.76. The van der Waals surface area contributed by atoms with Crippen LogP contribution in [0, 0.1) is 0 Å². The molecular weight excluding hydrogens is 380 g/mol. The molecule has 0 aliphatic rings. The van der Waals surface area contributed by atoms with Crippen LogP contribution < -0.4 is 11.1 Å². The van der Waals surface area contributed by atoms with Gasteiger partial charge in [-0.3, -0.25) is 0 Å². The Balaban J connectivity index is 1.86. The minimum absolute atomic E-state index is 0.279. The molecule has 3 aromatic rings. The van der Waals surface area contributed by atoms with E-state index in [1.807, 2.05) is 11.8 Å². The van der Waals surface area contributed by atoms with Gasteiger partial charge in [0.25, 0.3) is 0 Å². The molecule has 5 heteroatoms. The van der Waals surface area contributed by atoms with Crippen molar-refractivity contribution in [1.82, 2.24) is 5.32 Å². The first-order chi connectivity index (χ1) is 14.2. The van der Waals surface area contributed by atoms with Gasteiger partial charge in [-0.05, 0) is 16.7 Å². The van der Waals surface area contributed by atoms with Crippen LogP contribution in [0.5, 0.6) is 0 Å². The molecule has 0 atom stereocenters. The zero-order valence-corrected chi connectivity index (χ0v) is 17.1. The minimum Gasteiger partial charge on any atom is -0.448 e. The van der Waals surface area contributed by atoms with Crippen LogP contribution in [0.3, 0.4) is 0 Å². The summed E-state index contributed by atoms with van der Waals surface area (Å²) in [4.78, 5) is 10.7. The number of ether oxygens (including phenoxy) is 1. The third kappa shape index (κ3) is 5.40. The summed E-state index contributed by atoms with van der Waals surface area (Å²) >= 11 is 1.90. The van der Waals surface area contributed by atoms with E-state index in [4.69, 9.17) is 10.5 Å². The number of nitrogens with one attached hydrogen (secondary N) is 1. The van der Waals surface area contributed by atoms with Gasteiger partial charge >= 0.3 is 6.09 Å². The Morgan fingerprint density at radius 1 is 0.793 bits per heavy atom. The van der Waals surface area contributed by atoms with Gasteiger partial charge in [0.05, 0.1) is 4.75 Å². The Morgan fingerprint density at radius 2 is 1.24 bits per heavy atom. The lowest BCUT2D eigenvalue weighted by Gasteiger charge is -2.35. The molecule has 0 spiro atoms. The van der Waals surface area contributed by atoms with Gasteiger partial charge in [-0.25, -0.2) is 4.79 Å². The average Bonchev–Trinajstić information content (AvgIpc) is 2.77. The van der Waals surface area contributed by atoms with Crippen molar-refractivity contribution in [3.8, 4) is 0 Å². The van der Waals surface area contributed by atoms with Crippen LogP contribution in [0.4, 0.5) is 4.79 Å². The first-order valence-corrected chi connectivity index (χ1v) is 10.7. The van der Waals surface area contributed by atoms with Crippen molar-refractivity contribution in [2.24, 2.45) is 5.73 Å². The maximum atomic E-state index is 10.7. The van der Waals surface area contributed by atoms with E-state index in [9.17, 15) is 4.79 Å². The summed E-state index contributed by atoms with van der Waals surface area (Å²) < 4.78 is 4.46. The fraction of sp³-hybridized carbons (Fsp3) is 0.208. The molecule has 0 heterocycles. The Labute approximate surface area is 176 Å². The van der Waals surface area contributed by atoms with Crippen molar-refractivity contribution in [3.05, 3.63) is 108 Å². The van der Waals surface area contributed by atoms with Gasteiger partial charge in [0.2, 0.25) is 0 Å². The fourth-order valence-corrected chi connectivity index (χ4v) is 4.85. The van der Waals surface area contributed by atoms with E-state index in [1.165, 1.54) is 16.7 Å². The zero-order valence-electron chi connectivity index (χ0n) is 16.3. The molecule has 0 aliphatic heterocycles. The van der Waals surface area contributed by atoms with Gasteiger partial charge in [0.1, 0.15) is 6.61 Å². The fourth-order valence-electron chi connectivity index (χ4n) is 3.39. The van der Waals surface area contributed by atoms with Crippen LogP contribution in [-0.4, -0.2) is 31.5 Å². The van der Waals surface area contributed by atoms with Crippen LogP contribution in [0.1, 0.15) is 16.7 Å². The molecule has 3 rings (SSSR count). The van der Waals surface area contributed by atoms with E-state index in [2.05, 4.69) is 96.3 Å². The lowest BCUT2D eigenvalue weighted by Crippen LogP contribution is -2.29. The Morgan fingerprint density at radius 3 is 1.66 bits per heavy atom. The highest BCUT2D eigenvalue weighted by Gasteiger charge is 2.36. The summed E-state index contributed by atoms with van der Waals surface area (Å²) in [5.74, 6) is 0.884. The summed E-state index contributed by atoms with van der Waals surface area (Å²) in [6.07, 6.45) is -0.738. The second-order valence-corrected chi connectivity index (χ2v) is 7.85. The van der Waals surface area contributed by atoms with Gasteiger partial charge in [0.15, 0.2) is 0 Å². The summed E-state index contributed by atoms with van der Waals surface area (Å²) in [7, 11) is 0. The third-order valence-corrected chi connectivity index (χ3v) is 6.21. The molecule has 0 aliphatic carbocycles. The summed E-state index contributed by atoms with van der Waals surface area (Å²) in [5.41, 5.74) is 8.74. The maximum absolute atomic E-state index is 10.7. The number of carbonyl (C=O) groups excluding carboxylic acids is 1. The number of primary amides is 1. The second kappa shape index (κ2) is 10.7. The molecule has 4 nitrogen and oxygen atoms in total. The summed E-state index contributed by atoms with van der Waals surface area (Å²) in [6.45, 7) is 1.65. The molecule has 29 heavy (non-hydrogen) atoms. The molecule has 0 radical (unpaired) electrons. The van der Waals surface area contributed by atoms with Crippen molar-refractivity contribution < 1.29 is 9.53 Å². The number of thioether (sulfide) groups is 1. The van der Waals surface area contributed by atoms with E-state index in [-0.39, 0.29) is 11.4 Å². The van der Waals surface area contributed by atoms with Gasteiger partial charge in [0, 0.05) is 18.8 Å². The highest BCUT2D eigenvalue weighted by Crippen LogP contribution is 2.48. The van der Waals surface area contributed by atoms with Crippen LogP contribution in [0.15, 0.2) is 91.0 Å². The smallest absolute Gasteiger partial charge is 0.404 e. The number of carbonyl (C=O) groups is 1. The van der Waals surface area contributed by atoms with E-state index < -0.39 is 6.09 Å². The lowest BCUT2D eigenvalue weighted by molar-refractivity contribution is 0.157. The normalized spacial score (nSPS) is 11.2. The number of hydrogen-bond donors (Lipinski definition) is 2. The lowest BCUT2D eigenvalue weighted by atomic mass is 9.84. The molecule has 0 aromatic heterocycles. The van der Waals surface area contributed by atoms with Crippen molar-refractivity contribution in [1.29, 1.82) is 0 Å². The van der Waals surface area contributed by atoms with Crippen molar-refractivity contribution in [2.45, 2.75) is 4.75 Å². The molecule has 150 valence electrons. The highest BCUT2D eigenvalue weighted by molar-refractivity contribution is 8.00. The second-order valence-electron chi connectivity index (χ2n) is 6.55. The summed E-state index contributed by atoms with van der Waals surface area (Å²) in [5, 5.41) is 3.31. The van der Waals surface area contributed by atoms with E-state index in [0.717, 1.165) is 12.3 Å². The van der Waals surface area contributed by atoms with Gasteiger partial charge in [-0.15, -0.1) is 11.8 Å². The molecule has 3 aromatic carbocycles. The summed E-state index contributed by atoms with van der Waals surface area (Å²) in [6, 6.07) is 31.9. The van der Waals surface area contributed by atoms with Gasteiger partial charge in [-0.1, -0.05) is 91.0 Å². The molecule has 0 fully saturated rings. The first kappa shape index (κ1) is 21.0. The van der Waals surface area contributed by atoms with E-state index in [0.29, 0.717) is 6.54 Å². The van der Waals surface area contributed by atoms with Crippen LogP contribution in [0.25, 0.3) is 0 Å². The number of benzene rings is 3. The maximum Gasteiger partial charge on any atom is 0.404 e. The van der Waals surface area contributed by atoms with Gasteiger partial charge < -0.3 is 15.8 Å². The molecule has 0 bridgehead atoms. The molecule has 1 amide bonds. The standard InChI is InChI=1S/C24H26N2O2S/c25-23(27)28-18-16-26-17-19-29-24(20-10-4-1-5-11-20,21-12-6-2-7-13-21)22-14-8-3-9-15-22/h1-15,26H,16-19H2,(H2,25,27). The predicted molar refractivity (Wildman–Crippen MR) is 120 cm³/mol. The quantitative estimate of drug-likeness (QED) is 0.387. The van der Waals surface area contributed by atoms with Crippen molar-refractivity contribution in [3.63, 3.8) is 0 Å². The van der Waals surface area contributed by atoms with Crippen molar-refractivity contribution >= 4 is 17.9 Å². The SMILES string of the molecule is NC(=O)OCCNCCSC(c1ccccc1)(c1ccccc1)c1ccccc1.